The molecule has 1 fully saturated rings. The molecule has 0 radical (unpaired) electrons. The molecule has 4 heteroatoms. The molecule has 0 aromatic heterocycles. The minimum absolute atomic E-state index is 0.669. The van der Waals surface area contributed by atoms with Crippen LogP contribution in [0.25, 0.3) is 0 Å². The van der Waals surface area contributed by atoms with Crippen molar-refractivity contribution in [3.63, 3.8) is 0 Å². The molecular weight excluding hydrogens is 216 g/mol. The highest BCUT2D eigenvalue weighted by Gasteiger charge is 2.14. The molecule has 1 aromatic rings. The third-order valence-corrected chi connectivity index (χ3v) is 3.14. The van der Waals surface area contributed by atoms with E-state index in [1.807, 2.05) is 18.2 Å². The first-order valence-electron chi connectivity index (χ1n) is 6.04. The van der Waals surface area contributed by atoms with E-state index in [0.29, 0.717) is 11.6 Å². The van der Waals surface area contributed by atoms with E-state index in [4.69, 9.17) is 15.2 Å². The summed E-state index contributed by atoms with van der Waals surface area (Å²) in [5, 5.41) is 3.38. The van der Waals surface area contributed by atoms with Crippen LogP contribution in [-0.2, 0) is 4.74 Å². The van der Waals surface area contributed by atoms with Crippen LogP contribution in [0, 0.1) is 5.92 Å². The van der Waals surface area contributed by atoms with E-state index < -0.39 is 0 Å². The molecule has 94 valence electrons. The van der Waals surface area contributed by atoms with Gasteiger partial charge in [0.05, 0.1) is 12.8 Å². The number of hydrogen-bond acceptors (Lipinski definition) is 4. The van der Waals surface area contributed by atoms with Gasteiger partial charge in [-0.25, -0.2) is 0 Å². The third-order valence-electron chi connectivity index (χ3n) is 3.14. The maximum atomic E-state index is 5.76. The van der Waals surface area contributed by atoms with E-state index in [1.165, 1.54) is 6.42 Å². The number of ether oxygens (including phenoxy) is 2. The fraction of sp³-hybridized carbons (Fsp3) is 0.538. The number of methoxy groups -OCH3 is 1. The van der Waals surface area contributed by atoms with Crippen molar-refractivity contribution in [1.82, 2.24) is 0 Å². The molecule has 17 heavy (non-hydrogen) atoms. The summed E-state index contributed by atoms with van der Waals surface area (Å²) in [6, 6.07) is 5.77. The van der Waals surface area contributed by atoms with Gasteiger partial charge in [-0.15, -0.1) is 0 Å². The summed E-state index contributed by atoms with van der Waals surface area (Å²) in [6.45, 7) is 2.79. The summed E-state index contributed by atoms with van der Waals surface area (Å²) in [6.07, 6.45) is 2.33. The molecule has 0 spiro atoms. The highest BCUT2D eigenvalue weighted by Crippen LogP contribution is 2.25. The number of benzene rings is 1. The number of rotatable bonds is 5. The lowest BCUT2D eigenvalue weighted by atomic mass is 10.1. The van der Waals surface area contributed by atoms with Crippen molar-refractivity contribution in [1.29, 1.82) is 0 Å². The maximum absolute atomic E-state index is 5.76. The number of anilines is 2. The van der Waals surface area contributed by atoms with E-state index in [1.54, 1.807) is 7.11 Å². The van der Waals surface area contributed by atoms with Gasteiger partial charge >= 0.3 is 0 Å². The van der Waals surface area contributed by atoms with Crippen molar-refractivity contribution in [3.05, 3.63) is 18.2 Å². The van der Waals surface area contributed by atoms with Crippen molar-refractivity contribution >= 4 is 11.4 Å². The van der Waals surface area contributed by atoms with Crippen LogP contribution < -0.4 is 15.8 Å². The first kappa shape index (κ1) is 12.0. The highest BCUT2D eigenvalue weighted by atomic mass is 16.5. The Morgan fingerprint density at radius 2 is 2.41 bits per heavy atom. The fourth-order valence-electron chi connectivity index (χ4n) is 2.05. The summed E-state index contributed by atoms with van der Waals surface area (Å²) in [4.78, 5) is 0. The zero-order chi connectivity index (χ0) is 12.1. The van der Waals surface area contributed by atoms with Crippen LogP contribution in [0.3, 0.4) is 0 Å². The Morgan fingerprint density at radius 3 is 3.12 bits per heavy atom. The number of nitrogens with one attached hydrogen (secondary N) is 1. The van der Waals surface area contributed by atoms with Crippen LogP contribution in [0.15, 0.2) is 18.2 Å². The van der Waals surface area contributed by atoms with Gasteiger partial charge in [0.15, 0.2) is 0 Å². The summed E-state index contributed by atoms with van der Waals surface area (Å²) >= 11 is 0. The average molecular weight is 236 g/mol. The second-order valence-electron chi connectivity index (χ2n) is 4.40. The molecule has 0 bridgehead atoms. The molecule has 0 aliphatic carbocycles. The van der Waals surface area contributed by atoms with Gasteiger partial charge in [-0.05, 0) is 30.9 Å². The van der Waals surface area contributed by atoms with Crippen molar-refractivity contribution in [2.75, 3.05) is 37.9 Å². The van der Waals surface area contributed by atoms with E-state index in [2.05, 4.69) is 5.32 Å². The van der Waals surface area contributed by atoms with Crippen LogP contribution in [0.1, 0.15) is 12.8 Å². The van der Waals surface area contributed by atoms with Gasteiger partial charge in [-0.3, -0.25) is 0 Å². The van der Waals surface area contributed by atoms with Crippen LogP contribution in [0.2, 0.25) is 0 Å². The Kier molecular flexibility index (Phi) is 4.09. The quantitative estimate of drug-likeness (QED) is 0.769. The van der Waals surface area contributed by atoms with Crippen molar-refractivity contribution < 1.29 is 9.47 Å². The Bertz CT molecular complexity index is 362. The molecule has 1 aliphatic heterocycles. The summed E-state index contributed by atoms with van der Waals surface area (Å²) in [7, 11) is 1.63. The summed E-state index contributed by atoms with van der Waals surface area (Å²) < 4.78 is 10.5. The Balaban J connectivity index is 1.81. The Morgan fingerprint density at radius 1 is 1.53 bits per heavy atom. The molecule has 0 saturated carbocycles. The molecule has 1 unspecified atom stereocenters. The first-order valence-corrected chi connectivity index (χ1v) is 6.04. The van der Waals surface area contributed by atoms with Crippen LogP contribution in [0.4, 0.5) is 11.4 Å². The standard InChI is InChI=1S/C13H20N2O2/c1-16-13-8-11(2-3-12(13)14)15-6-4-10-5-7-17-9-10/h2-3,8,10,15H,4-7,9,14H2,1H3. The van der Waals surface area contributed by atoms with Gasteiger partial charge in [0.25, 0.3) is 0 Å². The van der Waals surface area contributed by atoms with Crippen molar-refractivity contribution in [3.8, 4) is 5.75 Å². The second kappa shape index (κ2) is 5.77. The molecule has 0 amide bonds. The van der Waals surface area contributed by atoms with Gasteiger partial charge < -0.3 is 20.5 Å². The van der Waals surface area contributed by atoms with Crippen LogP contribution in [-0.4, -0.2) is 26.9 Å². The van der Waals surface area contributed by atoms with Crippen molar-refractivity contribution in [2.24, 2.45) is 5.92 Å². The minimum atomic E-state index is 0.669. The van der Waals surface area contributed by atoms with E-state index >= 15 is 0 Å². The van der Waals surface area contributed by atoms with Crippen LogP contribution >= 0.6 is 0 Å². The van der Waals surface area contributed by atoms with E-state index in [0.717, 1.165) is 37.6 Å². The predicted molar refractivity (Wildman–Crippen MR) is 69.4 cm³/mol. The van der Waals surface area contributed by atoms with Gasteiger partial charge in [0.2, 0.25) is 0 Å². The van der Waals surface area contributed by atoms with E-state index in [-0.39, 0.29) is 0 Å². The molecule has 1 saturated heterocycles. The van der Waals surface area contributed by atoms with Crippen molar-refractivity contribution in [2.45, 2.75) is 12.8 Å². The predicted octanol–water partition coefficient (Wildman–Crippen LogP) is 2.12. The molecule has 2 rings (SSSR count). The Hall–Kier alpha value is -1.42. The lowest BCUT2D eigenvalue weighted by molar-refractivity contribution is 0.185. The van der Waals surface area contributed by atoms with Gasteiger partial charge in [0, 0.05) is 31.5 Å². The Labute approximate surface area is 102 Å². The highest BCUT2D eigenvalue weighted by molar-refractivity contribution is 5.61. The second-order valence-corrected chi connectivity index (χ2v) is 4.40. The smallest absolute Gasteiger partial charge is 0.143 e. The number of nitrogen functional groups attached to an aromatic ring is 1. The molecule has 4 nitrogen and oxygen atoms in total. The summed E-state index contributed by atoms with van der Waals surface area (Å²) in [5.74, 6) is 1.43. The van der Waals surface area contributed by atoms with Gasteiger partial charge in [0.1, 0.15) is 5.75 Å². The first-order chi connectivity index (χ1) is 8.29. The zero-order valence-electron chi connectivity index (χ0n) is 10.2. The normalized spacial score (nSPS) is 19.2. The third kappa shape index (κ3) is 3.27. The molecule has 1 heterocycles. The average Bonchev–Trinajstić information content (AvgIpc) is 2.84. The minimum Gasteiger partial charge on any atom is -0.495 e. The molecular formula is C13H20N2O2. The fourth-order valence-corrected chi connectivity index (χ4v) is 2.05. The van der Waals surface area contributed by atoms with Gasteiger partial charge in [-0.1, -0.05) is 0 Å². The molecule has 3 N–H and O–H groups in total. The van der Waals surface area contributed by atoms with Gasteiger partial charge in [-0.2, -0.15) is 0 Å². The zero-order valence-corrected chi connectivity index (χ0v) is 10.2. The number of nitrogens with two attached hydrogens (primary N) is 1. The molecule has 1 atom stereocenters. The van der Waals surface area contributed by atoms with E-state index in [9.17, 15) is 0 Å². The lowest BCUT2D eigenvalue weighted by Crippen LogP contribution is -2.09. The maximum Gasteiger partial charge on any atom is 0.143 e. The van der Waals surface area contributed by atoms with Crippen LogP contribution in [0.5, 0.6) is 5.75 Å². The number of hydrogen-bond donors (Lipinski definition) is 2. The topological polar surface area (TPSA) is 56.5 Å². The SMILES string of the molecule is COc1cc(NCCC2CCOC2)ccc1N. The lowest BCUT2D eigenvalue weighted by Gasteiger charge is -2.11. The monoisotopic (exact) mass is 236 g/mol. The summed E-state index contributed by atoms with van der Waals surface area (Å²) in [5.41, 5.74) is 7.48. The largest absolute Gasteiger partial charge is 0.495 e. The molecule has 1 aliphatic rings. The molecule has 1 aromatic carbocycles.